The molecule has 3 N–H and O–H groups in total. The highest BCUT2D eigenvalue weighted by Gasteiger charge is 2.61. The lowest BCUT2D eigenvalue weighted by Gasteiger charge is -2.31. The Morgan fingerprint density at radius 2 is 1.94 bits per heavy atom. The molecule has 1 aliphatic heterocycles. The summed E-state index contributed by atoms with van der Waals surface area (Å²) in [5.41, 5.74) is 1.33. The normalized spacial score (nSPS) is 30.9. The van der Waals surface area contributed by atoms with Crippen molar-refractivity contribution in [1.29, 1.82) is 0 Å². The van der Waals surface area contributed by atoms with Gasteiger partial charge in [0.15, 0.2) is 0 Å². The molecule has 8 heteroatoms. The van der Waals surface area contributed by atoms with Crippen LogP contribution in [0.5, 0.6) is 0 Å². The fourth-order valence-corrected chi connectivity index (χ4v) is 8.11. The van der Waals surface area contributed by atoms with Crippen LogP contribution >= 0.6 is 11.3 Å². The maximum Gasteiger partial charge on any atom is 0.317 e. The van der Waals surface area contributed by atoms with Gasteiger partial charge in [-0.15, -0.1) is 11.3 Å². The summed E-state index contributed by atoms with van der Waals surface area (Å²) in [5, 5.41) is 16.0. The molecule has 2 amide bonds. The first-order valence-electron chi connectivity index (χ1n) is 11.6. The predicted molar refractivity (Wildman–Crippen MR) is 118 cm³/mol. The van der Waals surface area contributed by atoms with Crippen molar-refractivity contribution in [3.63, 3.8) is 0 Å². The van der Waals surface area contributed by atoms with Crippen molar-refractivity contribution in [2.75, 3.05) is 25.0 Å². The highest BCUT2D eigenvalue weighted by atomic mass is 32.1. The van der Waals surface area contributed by atoms with E-state index in [1.807, 2.05) is 11.8 Å². The Morgan fingerprint density at radius 1 is 1.19 bits per heavy atom. The average Bonchev–Trinajstić information content (AvgIpc) is 3.28. The lowest BCUT2D eigenvalue weighted by atomic mass is 9.75. The average molecular weight is 446 g/mol. The van der Waals surface area contributed by atoms with E-state index in [1.165, 1.54) is 30.6 Å². The molecule has 0 saturated heterocycles. The van der Waals surface area contributed by atoms with E-state index >= 15 is 0 Å². The Hall–Kier alpha value is -1.93. The Balaban J connectivity index is 1.42. The van der Waals surface area contributed by atoms with E-state index in [2.05, 4.69) is 10.6 Å². The summed E-state index contributed by atoms with van der Waals surface area (Å²) >= 11 is 1.46. The first kappa shape index (κ1) is 20.9. The Morgan fingerprint density at radius 3 is 2.61 bits per heavy atom. The molecule has 6 rings (SSSR count). The van der Waals surface area contributed by atoms with Crippen LogP contribution in [0.2, 0.25) is 0 Å². The third-order valence-corrected chi connectivity index (χ3v) is 9.06. The summed E-state index contributed by atoms with van der Waals surface area (Å²) in [5.74, 6) is 1.01. The predicted octanol–water partition coefficient (Wildman–Crippen LogP) is 3.10. The fraction of sp³-hybridized carbons (Fsp3) is 0.696. The molecule has 0 spiro atoms. The second-order valence-electron chi connectivity index (χ2n) is 9.97. The molecule has 4 aliphatic carbocycles. The molecule has 31 heavy (non-hydrogen) atoms. The minimum absolute atomic E-state index is 0.00996. The van der Waals surface area contributed by atoms with Crippen molar-refractivity contribution < 1.29 is 19.5 Å². The van der Waals surface area contributed by atoms with Crippen LogP contribution in [0.15, 0.2) is 0 Å². The highest BCUT2D eigenvalue weighted by molar-refractivity contribution is 7.17. The standard InChI is InChI=1S/C23H31N3O4S/c1-2-4-24-20(29)19-16-3-5-26(12-18(27)28)11-17(16)31-21(19)25-22(30)23-9-13-6-14(10-23)8-15(23)7-13/h13-15H,2-12H2,1H3,(H,24,29)(H,25,30)(H,27,28). The third-order valence-electron chi connectivity index (χ3n) is 7.93. The van der Waals surface area contributed by atoms with Crippen LogP contribution in [0.25, 0.3) is 0 Å². The Labute approximate surface area is 186 Å². The van der Waals surface area contributed by atoms with Gasteiger partial charge in [0.25, 0.3) is 5.91 Å². The summed E-state index contributed by atoms with van der Waals surface area (Å²) in [7, 11) is 0. The van der Waals surface area contributed by atoms with Crippen LogP contribution < -0.4 is 10.6 Å². The molecule has 5 aliphatic rings. The van der Waals surface area contributed by atoms with Gasteiger partial charge in [0.05, 0.1) is 17.5 Å². The van der Waals surface area contributed by atoms with Gasteiger partial charge in [0.1, 0.15) is 5.00 Å². The summed E-state index contributed by atoms with van der Waals surface area (Å²) in [6.07, 6.45) is 7.10. The zero-order valence-corrected chi connectivity index (χ0v) is 18.9. The number of hydrogen-bond acceptors (Lipinski definition) is 5. The van der Waals surface area contributed by atoms with Crippen molar-refractivity contribution in [3.05, 3.63) is 16.0 Å². The van der Waals surface area contributed by atoms with Gasteiger partial charge >= 0.3 is 5.97 Å². The van der Waals surface area contributed by atoms with Crippen LogP contribution in [0, 0.1) is 23.2 Å². The van der Waals surface area contributed by atoms with E-state index in [0.717, 1.165) is 29.7 Å². The number of carbonyl (C=O) groups excluding carboxylic acids is 2. The molecule has 1 aromatic rings. The quantitative estimate of drug-likeness (QED) is 0.599. The number of nitrogens with zero attached hydrogens (tertiary/aromatic N) is 1. The van der Waals surface area contributed by atoms with Crippen LogP contribution in [0.3, 0.4) is 0 Å². The maximum absolute atomic E-state index is 13.6. The summed E-state index contributed by atoms with van der Waals surface area (Å²) < 4.78 is 0. The highest BCUT2D eigenvalue weighted by Crippen LogP contribution is 2.65. The van der Waals surface area contributed by atoms with Crippen LogP contribution in [0.4, 0.5) is 5.00 Å². The van der Waals surface area contributed by atoms with E-state index in [-0.39, 0.29) is 23.8 Å². The number of amides is 2. The molecule has 2 unspecified atom stereocenters. The van der Waals surface area contributed by atoms with E-state index < -0.39 is 5.97 Å². The van der Waals surface area contributed by atoms with Crippen LogP contribution in [-0.2, 0) is 22.6 Å². The molecule has 4 fully saturated rings. The number of anilines is 1. The third kappa shape index (κ3) is 3.57. The Bertz CT molecular complexity index is 912. The van der Waals surface area contributed by atoms with Crippen LogP contribution in [0.1, 0.15) is 66.2 Å². The van der Waals surface area contributed by atoms with Gasteiger partial charge in [-0.3, -0.25) is 19.3 Å². The second-order valence-corrected chi connectivity index (χ2v) is 11.1. The Kier molecular flexibility index (Phi) is 5.33. The lowest BCUT2D eigenvalue weighted by molar-refractivity contribution is -0.138. The number of rotatable bonds is 7. The van der Waals surface area contributed by atoms with Crippen molar-refractivity contribution in [2.45, 2.75) is 58.4 Å². The molecule has 7 nitrogen and oxygen atoms in total. The summed E-state index contributed by atoms with van der Waals surface area (Å²) in [6, 6.07) is 0. The molecule has 4 bridgehead atoms. The number of hydrogen-bond donors (Lipinski definition) is 3. The van der Waals surface area contributed by atoms with Gasteiger partial charge in [0, 0.05) is 24.5 Å². The minimum atomic E-state index is -0.847. The molecule has 0 radical (unpaired) electrons. The van der Waals surface area contributed by atoms with Crippen LogP contribution in [-0.4, -0.2) is 47.4 Å². The molecule has 168 valence electrons. The van der Waals surface area contributed by atoms with Gasteiger partial charge in [0.2, 0.25) is 5.91 Å². The molecule has 4 saturated carbocycles. The molecule has 2 atom stereocenters. The number of nitrogens with one attached hydrogen (secondary N) is 2. The van der Waals surface area contributed by atoms with Crippen molar-refractivity contribution in [1.82, 2.24) is 10.2 Å². The maximum atomic E-state index is 13.6. The first-order valence-corrected chi connectivity index (χ1v) is 12.4. The number of carbonyl (C=O) groups is 3. The molecular formula is C23H31N3O4S. The second kappa shape index (κ2) is 7.89. The van der Waals surface area contributed by atoms with E-state index in [1.54, 1.807) is 0 Å². The number of carboxylic acid groups (broad SMARTS) is 1. The number of fused-ring (bicyclic) bond motifs is 1. The molecule has 2 heterocycles. The zero-order chi connectivity index (χ0) is 21.8. The fourth-order valence-electron chi connectivity index (χ4n) is 6.83. The first-order chi connectivity index (χ1) is 14.9. The summed E-state index contributed by atoms with van der Waals surface area (Å²) in [4.78, 5) is 40.6. The molecule has 0 aromatic carbocycles. The van der Waals surface area contributed by atoms with E-state index in [9.17, 15) is 14.4 Å². The monoisotopic (exact) mass is 445 g/mol. The molecule has 1 aromatic heterocycles. The lowest BCUT2D eigenvalue weighted by Crippen LogP contribution is -2.38. The van der Waals surface area contributed by atoms with E-state index in [0.29, 0.717) is 54.4 Å². The number of aliphatic carboxylic acids is 1. The zero-order valence-electron chi connectivity index (χ0n) is 18.0. The van der Waals surface area contributed by atoms with Gasteiger partial charge in [-0.25, -0.2) is 0 Å². The van der Waals surface area contributed by atoms with E-state index in [4.69, 9.17) is 5.11 Å². The molecular weight excluding hydrogens is 414 g/mol. The van der Waals surface area contributed by atoms with Gasteiger partial charge in [-0.1, -0.05) is 6.92 Å². The van der Waals surface area contributed by atoms with Crippen molar-refractivity contribution >= 4 is 34.1 Å². The minimum Gasteiger partial charge on any atom is -0.480 e. The largest absolute Gasteiger partial charge is 0.480 e. The SMILES string of the molecule is CCCNC(=O)c1c(NC(=O)C23CC4CC(CC2C4)C3)sc2c1CCN(CC(=O)O)C2. The van der Waals surface area contributed by atoms with Gasteiger partial charge in [-0.2, -0.15) is 0 Å². The summed E-state index contributed by atoms with van der Waals surface area (Å²) in [6.45, 7) is 3.71. The topological polar surface area (TPSA) is 98.7 Å². The smallest absolute Gasteiger partial charge is 0.317 e. The van der Waals surface area contributed by atoms with Gasteiger partial charge in [-0.05, 0) is 68.3 Å². The number of thiophene rings is 1. The van der Waals surface area contributed by atoms with Crippen molar-refractivity contribution in [2.24, 2.45) is 23.2 Å². The van der Waals surface area contributed by atoms with Crippen molar-refractivity contribution in [3.8, 4) is 0 Å². The van der Waals surface area contributed by atoms with Gasteiger partial charge < -0.3 is 15.7 Å². The number of carboxylic acids is 1.